The van der Waals surface area contributed by atoms with Gasteiger partial charge in [0.1, 0.15) is 0 Å². The summed E-state index contributed by atoms with van der Waals surface area (Å²) in [4.78, 5) is 17.2. The Morgan fingerprint density at radius 2 is 2.10 bits per heavy atom. The second kappa shape index (κ2) is 4.99. The van der Waals surface area contributed by atoms with Crippen molar-refractivity contribution in [2.24, 2.45) is 5.92 Å². The van der Waals surface area contributed by atoms with Crippen molar-refractivity contribution in [3.8, 4) is 0 Å². The average Bonchev–Trinajstić information content (AvgIpc) is 3.09. The van der Waals surface area contributed by atoms with Crippen LogP contribution in [0.5, 0.6) is 0 Å². The van der Waals surface area contributed by atoms with Gasteiger partial charge in [-0.15, -0.1) is 11.3 Å². The van der Waals surface area contributed by atoms with E-state index in [1.54, 1.807) is 11.3 Å². The van der Waals surface area contributed by atoms with E-state index in [9.17, 15) is 4.79 Å². The fourth-order valence-electron chi connectivity index (χ4n) is 3.49. The Morgan fingerprint density at radius 3 is 3.00 bits per heavy atom. The first-order valence-electron chi connectivity index (χ1n) is 7.74. The SMILES string of the molecule is C[C@H]1CCc2sc(C(=O)N3CCc4ccccc43)cc2C1. The first-order chi connectivity index (χ1) is 10.2. The van der Waals surface area contributed by atoms with Crippen LogP contribution in [0.25, 0.3) is 0 Å². The number of fused-ring (bicyclic) bond motifs is 2. The van der Waals surface area contributed by atoms with E-state index < -0.39 is 0 Å². The van der Waals surface area contributed by atoms with Gasteiger partial charge in [0.05, 0.1) is 4.88 Å². The molecule has 1 amide bonds. The molecule has 4 rings (SSSR count). The fourth-order valence-corrected chi connectivity index (χ4v) is 4.65. The summed E-state index contributed by atoms with van der Waals surface area (Å²) < 4.78 is 0. The Kier molecular flexibility index (Phi) is 3.11. The van der Waals surface area contributed by atoms with Gasteiger partial charge >= 0.3 is 0 Å². The molecule has 1 aliphatic heterocycles. The summed E-state index contributed by atoms with van der Waals surface area (Å²) in [6, 6.07) is 10.4. The van der Waals surface area contributed by atoms with Crippen LogP contribution in [0.15, 0.2) is 30.3 Å². The lowest BCUT2D eigenvalue weighted by molar-refractivity contribution is 0.0993. The Labute approximate surface area is 129 Å². The van der Waals surface area contributed by atoms with E-state index in [1.807, 2.05) is 11.0 Å². The maximum atomic E-state index is 12.8. The van der Waals surface area contributed by atoms with Crippen LogP contribution in [0.3, 0.4) is 0 Å². The number of carbonyl (C=O) groups excluding carboxylic acids is 1. The highest BCUT2D eigenvalue weighted by atomic mass is 32.1. The molecule has 2 aromatic rings. The summed E-state index contributed by atoms with van der Waals surface area (Å²) in [7, 11) is 0. The number of anilines is 1. The van der Waals surface area contributed by atoms with Crippen LogP contribution in [0.4, 0.5) is 5.69 Å². The molecular weight excluding hydrogens is 278 g/mol. The molecule has 0 bridgehead atoms. The topological polar surface area (TPSA) is 20.3 Å². The second-order valence-corrected chi connectivity index (χ2v) is 7.38. The number of amides is 1. The van der Waals surface area contributed by atoms with Gasteiger partial charge in [0.25, 0.3) is 5.91 Å². The van der Waals surface area contributed by atoms with E-state index in [-0.39, 0.29) is 5.91 Å². The molecule has 0 radical (unpaired) electrons. The minimum atomic E-state index is 0.187. The number of rotatable bonds is 1. The molecule has 0 saturated carbocycles. The maximum absolute atomic E-state index is 12.8. The number of aryl methyl sites for hydroxylation is 1. The van der Waals surface area contributed by atoms with Crippen LogP contribution in [-0.2, 0) is 19.3 Å². The number of nitrogens with zero attached hydrogens (tertiary/aromatic N) is 1. The fraction of sp³-hybridized carbons (Fsp3) is 0.389. The molecular formula is C18H19NOS. The second-order valence-electron chi connectivity index (χ2n) is 6.24. The third kappa shape index (κ3) is 2.20. The molecule has 2 heterocycles. The van der Waals surface area contributed by atoms with Crippen molar-refractivity contribution in [3.63, 3.8) is 0 Å². The highest BCUT2D eigenvalue weighted by Crippen LogP contribution is 2.35. The van der Waals surface area contributed by atoms with Crippen molar-refractivity contribution in [3.05, 3.63) is 51.2 Å². The molecule has 1 aromatic carbocycles. The van der Waals surface area contributed by atoms with Gasteiger partial charge in [-0.1, -0.05) is 25.1 Å². The number of benzene rings is 1. The molecule has 1 atom stereocenters. The summed E-state index contributed by atoms with van der Waals surface area (Å²) >= 11 is 1.72. The van der Waals surface area contributed by atoms with E-state index >= 15 is 0 Å². The summed E-state index contributed by atoms with van der Waals surface area (Å²) in [5, 5.41) is 0. The lowest BCUT2D eigenvalue weighted by atomic mass is 9.90. The zero-order chi connectivity index (χ0) is 14.4. The van der Waals surface area contributed by atoms with Crippen LogP contribution in [0.2, 0.25) is 0 Å². The molecule has 0 N–H and O–H groups in total. The normalized spacial score (nSPS) is 20.2. The molecule has 3 heteroatoms. The van der Waals surface area contributed by atoms with Crippen LogP contribution in [-0.4, -0.2) is 12.5 Å². The minimum absolute atomic E-state index is 0.187. The predicted octanol–water partition coefficient (Wildman–Crippen LogP) is 4.08. The van der Waals surface area contributed by atoms with Gasteiger partial charge in [0.2, 0.25) is 0 Å². The molecule has 0 saturated heterocycles. The zero-order valence-corrected chi connectivity index (χ0v) is 13.1. The van der Waals surface area contributed by atoms with E-state index in [4.69, 9.17) is 0 Å². The third-order valence-corrected chi connectivity index (χ3v) is 5.90. The van der Waals surface area contributed by atoms with Crippen molar-refractivity contribution in [1.29, 1.82) is 0 Å². The van der Waals surface area contributed by atoms with Gasteiger partial charge in [-0.05, 0) is 54.9 Å². The van der Waals surface area contributed by atoms with Crippen LogP contribution >= 0.6 is 11.3 Å². The third-order valence-electron chi connectivity index (χ3n) is 4.67. The number of para-hydroxylation sites is 1. The Morgan fingerprint density at radius 1 is 1.24 bits per heavy atom. The lowest BCUT2D eigenvalue weighted by Crippen LogP contribution is -2.28. The number of hydrogen-bond donors (Lipinski definition) is 0. The van der Waals surface area contributed by atoms with Crippen molar-refractivity contribution in [1.82, 2.24) is 0 Å². The lowest BCUT2D eigenvalue weighted by Gasteiger charge is -2.16. The summed E-state index contributed by atoms with van der Waals surface area (Å²) in [5.74, 6) is 0.939. The highest BCUT2D eigenvalue weighted by molar-refractivity contribution is 7.14. The summed E-state index contributed by atoms with van der Waals surface area (Å²) in [5.41, 5.74) is 3.80. The molecule has 108 valence electrons. The molecule has 2 aliphatic rings. The van der Waals surface area contributed by atoms with Gasteiger partial charge in [-0.25, -0.2) is 0 Å². The quantitative estimate of drug-likeness (QED) is 0.777. The smallest absolute Gasteiger partial charge is 0.268 e. The summed E-state index contributed by atoms with van der Waals surface area (Å²) in [6.45, 7) is 3.12. The van der Waals surface area contributed by atoms with Crippen LogP contribution in [0.1, 0.15) is 39.0 Å². The maximum Gasteiger partial charge on any atom is 0.268 e. The molecule has 1 aromatic heterocycles. The molecule has 1 aliphatic carbocycles. The van der Waals surface area contributed by atoms with Crippen LogP contribution in [0, 0.1) is 5.92 Å². The van der Waals surface area contributed by atoms with Gasteiger partial charge in [-0.2, -0.15) is 0 Å². The van der Waals surface area contributed by atoms with Gasteiger partial charge in [-0.3, -0.25) is 4.79 Å². The monoisotopic (exact) mass is 297 g/mol. The van der Waals surface area contributed by atoms with Crippen molar-refractivity contribution < 1.29 is 4.79 Å². The Hall–Kier alpha value is -1.61. The minimum Gasteiger partial charge on any atom is -0.307 e. The molecule has 2 nitrogen and oxygen atoms in total. The Bertz CT molecular complexity index is 703. The first kappa shape index (κ1) is 13.1. The van der Waals surface area contributed by atoms with E-state index in [1.165, 1.54) is 22.4 Å². The van der Waals surface area contributed by atoms with E-state index in [0.29, 0.717) is 0 Å². The van der Waals surface area contributed by atoms with Crippen molar-refractivity contribution in [2.45, 2.75) is 32.6 Å². The summed E-state index contributed by atoms with van der Waals surface area (Å²) in [6.07, 6.45) is 4.51. The largest absolute Gasteiger partial charge is 0.307 e. The molecule has 0 unspecified atom stereocenters. The standard InChI is InChI=1S/C18H19NOS/c1-12-6-7-16-14(10-12)11-17(21-16)18(20)19-9-8-13-4-2-3-5-15(13)19/h2-5,11-12H,6-10H2,1H3/t12-/m0/s1. The highest BCUT2D eigenvalue weighted by Gasteiger charge is 2.28. The van der Waals surface area contributed by atoms with E-state index in [2.05, 4.69) is 31.2 Å². The predicted molar refractivity (Wildman–Crippen MR) is 87.3 cm³/mol. The molecule has 21 heavy (non-hydrogen) atoms. The van der Waals surface area contributed by atoms with Crippen LogP contribution < -0.4 is 4.90 Å². The van der Waals surface area contributed by atoms with Gasteiger partial charge < -0.3 is 4.90 Å². The average molecular weight is 297 g/mol. The molecule has 0 spiro atoms. The Balaban J connectivity index is 1.65. The van der Waals surface area contributed by atoms with Crippen molar-refractivity contribution >= 4 is 22.9 Å². The number of carbonyl (C=O) groups is 1. The number of thiophene rings is 1. The van der Waals surface area contributed by atoms with Gasteiger partial charge in [0.15, 0.2) is 0 Å². The molecule has 0 fully saturated rings. The van der Waals surface area contributed by atoms with Gasteiger partial charge in [0, 0.05) is 17.1 Å². The first-order valence-corrected chi connectivity index (χ1v) is 8.55. The number of hydrogen-bond acceptors (Lipinski definition) is 2. The van der Waals surface area contributed by atoms with Crippen molar-refractivity contribution in [2.75, 3.05) is 11.4 Å². The van der Waals surface area contributed by atoms with E-state index in [0.717, 1.165) is 42.3 Å². The zero-order valence-electron chi connectivity index (χ0n) is 12.3.